The monoisotopic (exact) mass is 112 g/mol. The van der Waals surface area contributed by atoms with Gasteiger partial charge in [-0.1, -0.05) is 6.58 Å². The van der Waals surface area contributed by atoms with Gasteiger partial charge in [-0.2, -0.15) is 0 Å². The molecule has 0 amide bonds. The van der Waals surface area contributed by atoms with Crippen molar-refractivity contribution in [2.75, 3.05) is 6.54 Å². The SMILES string of the molecule is C=C(N)[C@H]1CCCN1. The van der Waals surface area contributed by atoms with E-state index in [1.54, 1.807) is 0 Å². The molecule has 8 heavy (non-hydrogen) atoms. The van der Waals surface area contributed by atoms with Crippen LogP contribution < -0.4 is 11.1 Å². The molecule has 0 aromatic carbocycles. The fourth-order valence-electron chi connectivity index (χ4n) is 1.00. The van der Waals surface area contributed by atoms with Gasteiger partial charge in [-0.15, -0.1) is 0 Å². The molecule has 1 fully saturated rings. The lowest BCUT2D eigenvalue weighted by Crippen LogP contribution is -2.26. The fourth-order valence-corrected chi connectivity index (χ4v) is 1.00. The van der Waals surface area contributed by atoms with Crippen molar-refractivity contribution < 1.29 is 0 Å². The van der Waals surface area contributed by atoms with E-state index in [9.17, 15) is 0 Å². The van der Waals surface area contributed by atoms with E-state index in [0.717, 1.165) is 18.7 Å². The zero-order valence-electron chi connectivity index (χ0n) is 4.98. The zero-order valence-corrected chi connectivity index (χ0v) is 4.98. The second-order valence-corrected chi connectivity index (χ2v) is 2.22. The first-order valence-electron chi connectivity index (χ1n) is 2.98. The van der Waals surface area contributed by atoms with Crippen molar-refractivity contribution in [2.45, 2.75) is 18.9 Å². The van der Waals surface area contributed by atoms with Crippen LogP contribution in [0, 0.1) is 0 Å². The normalized spacial score (nSPS) is 28.2. The molecular weight excluding hydrogens is 100 g/mol. The van der Waals surface area contributed by atoms with E-state index >= 15 is 0 Å². The van der Waals surface area contributed by atoms with E-state index < -0.39 is 0 Å². The second kappa shape index (κ2) is 2.18. The highest BCUT2D eigenvalue weighted by Crippen LogP contribution is 2.07. The molecule has 0 aromatic heterocycles. The van der Waals surface area contributed by atoms with Gasteiger partial charge in [0.2, 0.25) is 0 Å². The zero-order chi connectivity index (χ0) is 5.98. The average Bonchev–Trinajstić information content (AvgIpc) is 2.12. The van der Waals surface area contributed by atoms with Crippen LogP contribution in [0.25, 0.3) is 0 Å². The first kappa shape index (κ1) is 5.63. The molecule has 3 N–H and O–H groups in total. The van der Waals surface area contributed by atoms with Crippen molar-refractivity contribution in [1.82, 2.24) is 5.32 Å². The first-order valence-corrected chi connectivity index (χ1v) is 2.98. The molecule has 0 radical (unpaired) electrons. The minimum Gasteiger partial charge on any atom is -0.401 e. The molecule has 2 nitrogen and oxygen atoms in total. The molecule has 0 aliphatic carbocycles. The maximum atomic E-state index is 5.44. The predicted molar refractivity (Wildman–Crippen MR) is 34.4 cm³/mol. The number of nitrogens with one attached hydrogen (secondary N) is 1. The summed E-state index contributed by atoms with van der Waals surface area (Å²) < 4.78 is 0. The van der Waals surface area contributed by atoms with Crippen molar-refractivity contribution in [2.24, 2.45) is 5.73 Å². The number of hydrogen-bond acceptors (Lipinski definition) is 2. The van der Waals surface area contributed by atoms with Crippen LogP contribution >= 0.6 is 0 Å². The molecule has 1 heterocycles. The second-order valence-electron chi connectivity index (χ2n) is 2.22. The molecule has 46 valence electrons. The van der Waals surface area contributed by atoms with Gasteiger partial charge >= 0.3 is 0 Å². The smallest absolute Gasteiger partial charge is 0.0461 e. The molecule has 0 spiro atoms. The molecule has 0 saturated carbocycles. The summed E-state index contributed by atoms with van der Waals surface area (Å²) >= 11 is 0. The van der Waals surface area contributed by atoms with Crippen LogP contribution in [0.15, 0.2) is 12.3 Å². The van der Waals surface area contributed by atoms with Crippen LogP contribution in [0.3, 0.4) is 0 Å². The summed E-state index contributed by atoms with van der Waals surface area (Å²) in [5.41, 5.74) is 6.22. The lowest BCUT2D eigenvalue weighted by Gasteiger charge is -2.06. The fraction of sp³-hybridized carbons (Fsp3) is 0.667. The van der Waals surface area contributed by atoms with E-state index in [0.29, 0.717) is 6.04 Å². The summed E-state index contributed by atoms with van der Waals surface area (Å²) in [6, 6.07) is 0.398. The van der Waals surface area contributed by atoms with Gasteiger partial charge in [0.25, 0.3) is 0 Å². The highest BCUT2D eigenvalue weighted by atomic mass is 15.0. The Bertz CT molecular complexity index is 92.7. The summed E-state index contributed by atoms with van der Waals surface area (Å²) in [4.78, 5) is 0. The van der Waals surface area contributed by atoms with Crippen LogP contribution in [-0.2, 0) is 0 Å². The van der Waals surface area contributed by atoms with Gasteiger partial charge in [0.1, 0.15) is 0 Å². The minimum atomic E-state index is 0.398. The lowest BCUT2D eigenvalue weighted by molar-refractivity contribution is 0.684. The van der Waals surface area contributed by atoms with Crippen LogP contribution in [0.5, 0.6) is 0 Å². The minimum absolute atomic E-state index is 0.398. The van der Waals surface area contributed by atoms with E-state index in [4.69, 9.17) is 5.73 Å². The van der Waals surface area contributed by atoms with Gasteiger partial charge in [0.15, 0.2) is 0 Å². The molecular formula is C6H12N2. The van der Waals surface area contributed by atoms with Crippen LogP contribution in [0.1, 0.15) is 12.8 Å². The molecule has 1 saturated heterocycles. The third-order valence-corrected chi connectivity index (χ3v) is 1.51. The maximum absolute atomic E-state index is 5.44. The van der Waals surface area contributed by atoms with E-state index in [2.05, 4.69) is 11.9 Å². The number of rotatable bonds is 1. The van der Waals surface area contributed by atoms with Crippen molar-refractivity contribution in [3.05, 3.63) is 12.3 Å². The Hall–Kier alpha value is -0.500. The summed E-state index contributed by atoms with van der Waals surface area (Å²) in [7, 11) is 0. The van der Waals surface area contributed by atoms with Crippen LogP contribution in [-0.4, -0.2) is 12.6 Å². The predicted octanol–water partition coefficient (Wildman–Crippen LogP) is 0.211. The van der Waals surface area contributed by atoms with Crippen LogP contribution in [0.4, 0.5) is 0 Å². The van der Waals surface area contributed by atoms with Gasteiger partial charge in [0, 0.05) is 11.7 Å². The maximum Gasteiger partial charge on any atom is 0.0461 e. The molecule has 0 unspecified atom stereocenters. The number of hydrogen-bond donors (Lipinski definition) is 2. The quantitative estimate of drug-likeness (QED) is 0.509. The summed E-state index contributed by atoms with van der Waals surface area (Å²) in [5, 5.41) is 3.23. The Morgan fingerprint density at radius 2 is 2.50 bits per heavy atom. The molecule has 1 aliphatic rings. The Morgan fingerprint density at radius 1 is 1.75 bits per heavy atom. The van der Waals surface area contributed by atoms with Crippen molar-refractivity contribution in [3.8, 4) is 0 Å². The highest BCUT2D eigenvalue weighted by molar-refractivity contribution is 5.01. The highest BCUT2D eigenvalue weighted by Gasteiger charge is 2.13. The summed E-state index contributed by atoms with van der Waals surface area (Å²) in [6.45, 7) is 4.75. The molecule has 1 atom stereocenters. The average molecular weight is 112 g/mol. The van der Waals surface area contributed by atoms with E-state index in [1.165, 1.54) is 6.42 Å². The largest absolute Gasteiger partial charge is 0.401 e. The van der Waals surface area contributed by atoms with Gasteiger partial charge in [0.05, 0.1) is 0 Å². The number of nitrogens with two attached hydrogens (primary N) is 1. The Balaban J connectivity index is 2.35. The van der Waals surface area contributed by atoms with Gasteiger partial charge in [-0.25, -0.2) is 0 Å². The Labute approximate surface area is 49.8 Å². The van der Waals surface area contributed by atoms with Crippen molar-refractivity contribution >= 4 is 0 Å². The topological polar surface area (TPSA) is 38.0 Å². The van der Waals surface area contributed by atoms with Crippen molar-refractivity contribution in [3.63, 3.8) is 0 Å². The molecule has 1 rings (SSSR count). The molecule has 0 aromatic rings. The van der Waals surface area contributed by atoms with E-state index in [-0.39, 0.29) is 0 Å². The third kappa shape index (κ3) is 1.01. The lowest BCUT2D eigenvalue weighted by atomic mass is 10.2. The van der Waals surface area contributed by atoms with Gasteiger partial charge in [-0.3, -0.25) is 0 Å². The van der Waals surface area contributed by atoms with E-state index in [1.807, 2.05) is 0 Å². The Morgan fingerprint density at radius 3 is 2.75 bits per heavy atom. The first-order chi connectivity index (χ1) is 3.80. The Kier molecular flexibility index (Phi) is 1.53. The van der Waals surface area contributed by atoms with Crippen molar-refractivity contribution in [1.29, 1.82) is 0 Å². The standard InChI is InChI=1S/C6H12N2/c1-5(7)6-3-2-4-8-6/h6,8H,1-4,7H2/t6-/m1/s1. The van der Waals surface area contributed by atoms with Crippen LogP contribution in [0.2, 0.25) is 0 Å². The molecule has 0 bridgehead atoms. The molecule has 1 aliphatic heterocycles. The molecule has 2 heteroatoms. The van der Waals surface area contributed by atoms with Gasteiger partial charge in [-0.05, 0) is 19.4 Å². The van der Waals surface area contributed by atoms with Gasteiger partial charge < -0.3 is 11.1 Å². The third-order valence-electron chi connectivity index (χ3n) is 1.51. The summed E-state index contributed by atoms with van der Waals surface area (Å²) in [6.07, 6.45) is 2.40. The summed E-state index contributed by atoms with van der Waals surface area (Å²) in [5.74, 6) is 0.